The lowest BCUT2D eigenvalue weighted by atomic mass is 9.89. The topological polar surface area (TPSA) is 86.6 Å². The van der Waals surface area contributed by atoms with Crippen LogP contribution < -0.4 is 4.90 Å². The fourth-order valence-corrected chi connectivity index (χ4v) is 3.35. The van der Waals surface area contributed by atoms with Crippen molar-refractivity contribution >= 4 is 17.8 Å². The molecule has 1 aliphatic rings. The molecule has 8 heteroatoms. The lowest BCUT2D eigenvalue weighted by Gasteiger charge is -2.18. The van der Waals surface area contributed by atoms with E-state index in [4.69, 9.17) is 0 Å². The second kappa shape index (κ2) is 7.30. The van der Waals surface area contributed by atoms with Crippen LogP contribution in [0.15, 0.2) is 30.5 Å². The monoisotopic (exact) mass is 372 g/mol. The Hall–Kier alpha value is -3.03. The molecule has 0 bridgehead atoms. The smallest absolute Gasteiger partial charge is 0.308 e. The van der Waals surface area contributed by atoms with Crippen LogP contribution in [0.1, 0.15) is 27.5 Å². The van der Waals surface area contributed by atoms with Crippen molar-refractivity contribution in [1.29, 1.82) is 0 Å². The number of nitrogens with zero attached hydrogens (tertiary/aromatic N) is 4. The van der Waals surface area contributed by atoms with Crippen molar-refractivity contribution < 1.29 is 19.1 Å². The van der Waals surface area contributed by atoms with Crippen LogP contribution in [-0.2, 0) is 4.79 Å². The van der Waals surface area contributed by atoms with Crippen molar-refractivity contribution in [1.82, 2.24) is 14.9 Å². The summed E-state index contributed by atoms with van der Waals surface area (Å²) in [6, 6.07) is 5.88. The van der Waals surface area contributed by atoms with Gasteiger partial charge in [-0.25, -0.2) is 14.4 Å². The fourth-order valence-electron chi connectivity index (χ4n) is 3.35. The summed E-state index contributed by atoms with van der Waals surface area (Å²) in [6.07, 6.45) is 1.46. The number of anilines is 1. The molecule has 0 spiro atoms. The number of aliphatic carboxylic acids is 1. The third kappa shape index (κ3) is 3.74. The molecule has 2 atom stereocenters. The molecule has 0 unspecified atom stereocenters. The van der Waals surface area contributed by atoms with E-state index in [0.29, 0.717) is 22.8 Å². The molecule has 3 rings (SSSR count). The zero-order valence-electron chi connectivity index (χ0n) is 15.4. The highest BCUT2D eigenvalue weighted by molar-refractivity contribution is 5.95. The Morgan fingerprint density at radius 2 is 2.04 bits per heavy atom. The standard InChI is InChI=1S/C19H21FN4O3/c1-11-14(8-21-19(22-11)23(2)3)17(25)24-9-15(16(10-24)18(26)27)12-5-4-6-13(20)7-12/h4-8,15-16H,9-10H2,1-3H3,(H,26,27)/t15-,16+/m0/s1. The Morgan fingerprint density at radius 3 is 2.63 bits per heavy atom. The van der Waals surface area contributed by atoms with Crippen LogP contribution in [0, 0.1) is 18.7 Å². The molecule has 1 amide bonds. The molecule has 0 aliphatic carbocycles. The Bertz CT molecular complexity index is 887. The summed E-state index contributed by atoms with van der Waals surface area (Å²) >= 11 is 0. The van der Waals surface area contributed by atoms with Gasteiger partial charge in [0.2, 0.25) is 5.95 Å². The van der Waals surface area contributed by atoms with E-state index in [0.717, 1.165) is 0 Å². The van der Waals surface area contributed by atoms with Crippen LogP contribution >= 0.6 is 0 Å². The van der Waals surface area contributed by atoms with Gasteiger partial charge in [-0.2, -0.15) is 0 Å². The van der Waals surface area contributed by atoms with Gasteiger partial charge >= 0.3 is 5.97 Å². The minimum Gasteiger partial charge on any atom is -0.481 e. The van der Waals surface area contributed by atoms with Gasteiger partial charge in [-0.15, -0.1) is 0 Å². The maximum atomic E-state index is 13.6. The summed E-state index contributed by atoms with van der Waals surface area (Å²) in [6.45, 7) is 1.98. The highest BCUT2D eigenvalue weighted by atomic mass is 19.1. The minimum atomic E-state index is -1.00. The third-order valence-corrected chi connectivity index (χ3v) is 4.80. The van der Waals surface area contributed by atoms with Crippen LogP contribution in [0.25, 0.3) is 0 Å². The number of benzene rings is 1. The van der Waals surface area contributed by atoms with Gasteiger partial charge in [0, 0.05) is 39.3 Å². The Labute approximate surface area is 156 Å². The zero-order chi connectivity index (χ0) is 19.7. The predicted octanol–water partition coefficient (Wildman–Crippen LogP) is 1.93. The lowest BCUT2D eigenvalue weighted by molar-refractivity contribution is -0.141. The second-order valence-corrected chi connectivity index (χ2v) is 6.88. The molecule has 27 heavy (non-hydrogen) atoms. The van der Waals surface area contributed by atoms with E-state index in [-0.39, 0.29) is 19.0 Å². The van der Waals surface area contributed by atoms with E-state index in [1.807, 2.05) is 0 Å². The van der Waals surface area contributed by atoms with E-state index in [1.165, 1.54) is 23.2 Å². The number of hydrogen-bond acceptors (Lipinski definition) is 5. The van der Waals surface area contributed by atoms with Gasteiger partial charge in [-0.3, -0.25) is 9.59 Å². The SMILES string of the molecule is Cc1nc(N(C)C)ncc1C(=O)N1C[C@@H](C(=O)O)[C@H](c2cccc(F)c2)C1. The molecule has 1 aromatic carbocycles. The number of aromatic nitrogens is 2. The molecule has 2 heterocycles. The molecule has 142 valence electrons. The van der Waals surface area contributed by atoms with Crippen LogP contribution in [-0.4, -0.2) is 59.0 Å². The van der Waals surface area contributed by atoms with E-state index in [9.17, 15) is 19.1 Å². The van der Waals surface area contributed by atoms with Crippen LogP contribution in [0.4, 0.5) is 10.3 Å². The van der Waals surface area contributed by atoms with E-state index < -0.39 is 23.6 Å². The van der Waals surface area contributed by atoms with Crippen molar-refractivity contribution in [2.24, 2.45) is 5.92 Å². The van der Waals surface area contributed by atoms with Crippen molar-refractivity contribution in [2.45, 2.75) is 12.8 Å². The summed E-state index contributed by atoms with van der Waals surface area (Å²) in [4.78, 5) is 36.3. The number of carboxylic acid groups (broad SMARTS) is 1. The number of hydrogen-bond donors (Lipinski definition) is 1. The first-order valence-corrected chi connectivity index (χ1v) is 8.56. The van der Waals surface area contributed by atoms with E-state index >= 15 is 0 Å². The zero-order valence-corrected chi connectivity index (χ0v) is 15.4. The molecule has 7 nitrogen and oxygen atoms in total. The second-order valence-electron chi connectivity index (χ2n) is 6.88. The molecule has 1 N–H and O–H groups in total. The van der Waals surface area contributed by atoms with Crippen molar-refractivity contribution in [2.75, 3.05) is 32.1 Å². The average molecular weight is 372 g/mol. The number of aryl methyl sites for hydroxylation is 1. The molecule has 1 aliphatic heterocycles. The Morgan fingerprint density at radius 1 is 1.30 bits per heavy atom. The largest absolute Gasteiger partial charge is 0.481 e. The van der Waals surface area contributed by atoms with E-state index in [2.05, 4.69) is 9.97 Å². The van der Waals surface area contributed by atoms with Gasteiger partial charge in [-0.1, -0.05) is 12.1 Å². The number of halogens is 1. The van der Waals surface area contributed by atoms with E-state index in [1.54, 1.807) is 38.1 Å². The molecule has 2 aromatic rings. The van der Waals surface area contributed by atoms with Crippen molar-refractivity contribution in [3.8, 4) is 0 Å². The maximum absolute atomic E-state index is 13.6. The molecule has 1 aromatic heterocycles. The summed E-state index contributed by atoms with van der Waals surface area (Å²) in [7, 11) is 3.61. The van der Waals surface area contributed by atoms with Crippen LogP contribution in [0.5, 0.6) is 0 Å². The van der Waals surface area contributed by atoms with Gasteiger partial charge in [0.15, 0.2) is 0 Å². The van der Waals surface area contributed by atoms with Crippen LogP contribution in [0.3, 0.4) is 0 Å². The van der Waals surface area contributed by atoms with Crippen molar-refractivity contribution in [3.63, 3.8) is 0 Å². The molecular weight excluding hydrogens is 351 g/mol. The van der Waals surface area contributed by atoms with Gasteiger partial charge in [0.25, 0.3) is 5.91 Å². The number of rotatable bonds is 4. The van der Waals surface area contributed by atoms with Gasteiger partial charge in [-0.05, 0) is 24.6 Å². The number of carbonyl (C=O) groups excluding carboxylic acids is 1. The highest BCUT2D eigenvalue weighted by Crippen LogP contribution is 2.34. The predicted molar refractivity (Wildman–Crippen MR) is 97.3 cm³/mol. The van der Waals surface area contributed by atoms with Gasteiger partial charge in [0.1, 0.15) is 5.82 Å². The summed E-state index contributed by atoms with van der Waals surface area (Å²) < 4.78 is 13.6. The van der Waals surface area contributed by atoms with Crippen LogP contribution in [0.2, 0.25) is 0 Å². The molecule has 0 saturated carbocycles. The van der Waals surface area contributed by atoms with Gasteiger partial charge < -0.3 is 14.9 Å². The number of carbonyl (C=O) groups is 2. The van der Waals surface area contributed by atoms with Crippen molar-refractivity contribution in [3.05, 3.63) is 53.1 Å². The first kappa shape index (κ1) is 18.8. The lowest BCUT2D eigenvalue weighted by Crippen LogP contribution is -2.31. The molecule has 1 fully saturated rings. The third-order valence-electron chi connectivity index (χ3n) is 4.80. The number of amides is 1. The minimum absolute atomic E-state index is 0.0597. The normalized spacial score (nSPS) is 19.2. The fraction of sp³-hybridized carbons (Fsp3) is 0.368. The summed E-state index contributed by atoms with van der Waals surface area (Å²) in [5.41, 5.74) is 1.44. The summed E-state index contributed by atoms with van der Waals surface area (Å²) in [5, 5.41) is 9.57. The molecule has 1 saturated heterocycles. The average Bonchev–Trinajstić information content (AvgIpc) is 3.06. The highest BCUT2D eigenvalue weighted by Gasteiger charge is 2.41. The van der Waals surface area contributed by atoms with Gasteiger partial charge in [0.05, 0.1) is 17.2 Å². The quantitative estimate of drug-likeness (QED) is 0.883. The molecule has 0 radical (unpaired) electrons. The molecular formula is C19H21FN4O3. The number of likely N-dealkylation sites (tertiary alicyclic amines) is 1. The Balaban J connectivity index is 1.87. The first-order valence-electron chi connectivity index (χ1n) is 8.56. The summed E-state index contributed by atoms with van der Waals surface area (Å²) in [5.74, 6) is -2.52. The number of carboxylic acids is 1. The maximum Gasteiger partial charge on any atom is 0.308 e. The Kier molecular flexibility index (Phi) is 5.07. The first-order chi connectivity index (χ1) is 12.8.